The van der Waals surface area contributed by atoms with Crippen LogP contribution in [0.2, 0.25) is 0 Å². The van der Waals surface area contributed by atoms with Crippen LogP contribution in [0.15, 0.2) is 0 Å². The second-order valence-corrected chi connectivity index (χ2v) is 3.40. The minimum Gasteiger partial charge on any atom is -0.379 e. The average Bonchev–Trinajstić information content (AvgIpc) is 2.05. The van der Waals surface area contributed by atoms with E-state index in [1.54, 1.807) is 0 Å². The summed E-state index contributed by atoms with van der Waals surface area (Å²) in [6, 6.07) is 0.624. The molecule has 1 aliphatic heterocycles. The Hall–Kier alpha value is -0.0800. The van der Waals surface area contributed by atoms with Crippen molar-refractivity contribution in [1.29, 1.82) is 0 Å². The van der Waals surface area contributed by atoms with E-state index in [1.807, 2.05) is 0 Å². The van der Waals surface area contributed by atoms with Crippen LogP contribution >= 0.6 is 0 Å². The molecule has 0 N–H and O–H groups in total. The molecule has 2 heteroatoms. The average molecular weight is 156 g/mol. The van der Waals surface area contributed by atoms with Crippen molar-refractivity contribution in [2.24, 2.45) is 0 Å². The lowest BCUT2D eigenvalue weighted by Crippen LogP contribution is -2.43. The zero-order chi connectivity index (χ0) is 8.27. The van der Waals surface area contributed by atoms with Crippen LogP contribution in [-0.4, -0.2) is 37.2 Å². The molecule has 1 heterocycles. The van der Waals surface area contributed by atoms with Crippen molar-refractivity contribution in [2.45, 2.75) is 26.8 Å². The van der Waals surface area contributed by atoms with Crippen molar-refractivity contribution in [1.82, 2.24) is 4.90 Å². The third kappa shape index (κ3) is 2.46. The standard InChI is InChI=1S/C9H18NO/c1-8(2)9(3)10-4-6-11-7-5-10/h9H,4-7H2,1-3H3. The Kier molecular flexibility index (Phi) is 3.34. The van der Waals surface area contributed by atoms with Crippen LogP contribution in [0.5, 0.6) is 0 Å². The molecule has 0 saturated carbocycles. The van der Waals surface area contributed by atoms with Gasteiger partial charge in [-0.1, -0.05) is 13.8 Å². The van der Waals surface area contributed by atoms with Crippen molar-refractivity contribution in [2.75, 3.05) is 26.3 Å². The summed E-state index contributed by atoms with van der Waals surface area (Å²) in [5, 5.41) is 0. The maximum absolute atomic E-state index is 5.28. The Balaban J connectivity index is 2.32. The van der Waals surface area contributed by atoms with Gasteiger partial charge in [-0.3, -0.25) is 4.90 Å². The van der Waals surface area contributed by atoms with Gasteiger partial charge in [0.2, 0.25) is 0 Å². The monoisotopic (exact) mass is 156 g/mol. The summed E-state index contributed by atoms with van der Waals surface area (Å²) in [7, 11) is 0. The van der Waals surface area contributed by atoms with Crippen molar-refractivity contribution < 1.29 is 4.74 Å². The van der Waals surface area contributed by atoms with Gasteiger partial charge < -0.3 is 4.74 Å². The predicted octanol–water partition coefficient (Wildman–Crippen LogP) is 1.32. The van der Waals surface area contributed by atoms with Gasteiger partial charge in [-0.2, -0.15) is 0 Å². The van der Waals surface area contributed by atoms with Gasteiger partial charge in [0.05, 0.1) is 13.2 Å². The highest BCUT2D eigenvalue weighted by Crippen LogP contribution is 2.12. The molecule has 11 heavy (non-hydrogen) atoms. The van der Waals surface area contributed by atoms with E-state index >= 15 is 0 Å². The van der Waals surface area contributed by atoms with Gasteiger partial charge in [-0.05, 0) is 12.8 Å². The van der Waals surface area contributed by atoms with E-state index in [0.29, 0.717) is 6.04 Å². The van der Waals surface area contributed by atoms with Gasteiger partial charge in [0.1, 0.15) is 0 Å². The van der Waals surface area contributed by atoms with E-state index < -0.39 is 0 Å². The zero-order valence-corrected chi connectivity index (χ0v) is 7.76. The summed E-state index contributed by atoms with van der Waals surface area (Å²) in [5.74, 6) is 1.49. The van der Waals surface area contributed by atoms with E-state index in [1.165, 1.54) is 5.92 Å². The van der Waals surface area contributed by atoms with E-state index in [4.69, 9.17) is 4.74 Å². The molecule has 0 aromatic heterocycles. The maximum atomic E-state index is 5.28. The van der Waals surface area contributed by atoms with E-state index in [9.17, 15) is 0 Å². The van der Waals surface area contributed by atoms with Crippen LogP contribution < -0.4 is 0 Å². The molecule has 1 saturated heterocycles. The first-order valence-electron chi connectivity index (χ1n) is 4.33. The molecular weight excluding hydrogens is 138 g/mol. The van der Waals surface area contributed by atoms with Crippen LogP contribution in [0, 0.1) is 5.92 Å². The highest BCUT2D eigenvalue weighted by Gasteiger charge is 2.19. The van der Waals surface area contributed by atoms with Gasteiger partial charge in [-0.15, -0.1) is 0 Å². The molecular formula is C9H18NO. The fourth-order valence-electron chi connectivity index (χ4n) is 1.33. The number of hydrogen-bond acceptors (Lipinski definition) is 2. The largest absolute Gasteiger partial charge is 0.379 e. The van der Waals surface area contributed by atoms with Crippen molar-refractivity contribution in [3.63, 3.8) is 0 Å². The van der Waals surface area contributed by atoms with Crippen LogP contribution in [0.25, 0.3) is 0 Å². The van der Waals surface area contributed by atoms with E-state index in [-0.39, 0.29) is 0 Å². The highest BCUT2D eigenvalue weighted by molar-refractivity contribution is 4.91. The van der Waals surface area contributed by atoms with Gasteiger partial charge in [0.25, 0.3) is 0 Å². The number of hydrogen-bond donors (Lipinski definition) is 0. The number of nitrogens with zero attached hydrogens (tertiary/aromatic N) is 1. The number of morpholine rings is 1. The normalized spacial score (nSPS) is 24.0. The molecule has 1 aliphatic rings. The molecule has 1 radical (unpaired) electrons. The van der Waals surface area contributed by atoms with Gasteiger partial charge in [0.15, 0.2) is 0 Å². The molecule has 0 bridgehead atoms. The van der Waals surface area contributed by atoms with Crippen LogP contribution in [0.4, 0.5) is 0 Å². The molecule has 1 atom stereocenters. The Bertz CT molecular complexity index is 108. The van der Waals surface area contributed by atoms with E-state index in [2.05, 4.69) is 25.7 Å². The Morgan fingerprint density at radius 3 is 2.27 bits per heavy atom. The molecule has 65 valence electrons. The second kappa shape index (κ2) is 4.07. The van der Waals surface area contributed by atoms with Gasteiger partial charge >= 0.3 is 0 Å². The first-order chi connectivity index (χ1) is 5.22. The molecule has 0 aromatic carbocycles. The van der Waals surface area contributed by atoms with Crippen LogP contribution in [-0.2, 0) is 4.74 Å². The maximum Gasteiger partial charge on any atom is 0.0594 e. The molecule has 0 aliphatic carbocycles. The third-order valence-corrected chi connectivity index (χ3v) is 2.43. The Morgan fingerprint density at radius 2 is 1.82 bits per heavy atom. The Labute approximate surface area is 69.5 Å². The quantitative estimate of drug-likeness (QED) is 0.598. The predicted molar refractivity (Wildman–Crippen MR) is 46.4 cm³/mol. The summed E-state index contributed by atoms with van der Waals surface area (Å²) in [5.41, 5.74) is 0. The Morgan fingerprint density at radius 1 is 1.27 bits per heavy atom. The fourth-order valence-corrected chi connectivity index (χ4v) is 1.33. The SMILES string of the molecule is C[C](C)C(C)N1CCOCC1. The third-order valence-electron chi connectivity index (χ3n) is 2.43. The number of ether oxygens (including phenoxy) is 1. The highest BCUT2D eigenvalue weighted by atomic mass is 16.5. The summed E-state index contributed by atoms with van der Waals surface area (Å²) in [4.78, 5) is 2.47. The van der Waals surface area contributed by atoms with E-state index in [0.717, 1.165) is 26.3 Å². The summed E-state index contributed by atoms with van der Waals surface area (Å²) < 4.78 is 5.28. The van der Waals surface area contributed by atoms with Crippen molar-refractivity contribution in [3.05, 3.63) is 5.92 Å². The summed E-state index contributed by atoms with van der Waals surface area (Å²) in [6.07, 6.45) is 0. The number of rotatable bonds is 2. The molecule has 0 amide bonds. The molecule has 2 nitrogen and oxygen atoms in total. The topological polar surface area (TPSA) is 12.5 Å². The lowest BCUT2D eigenvalue weighted by Gasteiger charge is -2.34. The van der Waals surface area contributed by atoms with Crippen LogP contribution in [0.1, 0.15) is 20.8 Å². The first kappa shape index (κ1) is 9.01. The van der Waals surface area contributed by atoms with Crippen molar-refractivity contribution >= 4 is 0 Å². The summed E-state index contributed by atoms with van der Waals surface area (Å²) in [6.45, 7) is 10.6. The molecule has 1 fully saturated rings. The fraction of sp³-hybridized carbons (Fsp3) is 0.889. The smallest absolute Gasteiger partial charge is 0.0594 e. The lowest BCUT2D eigenvalue weighted by molar-refractivity contribution is 0.0232. The minimum absolute atomic E-state index is 0.624. The molecule has 0 aromatic rings. The van der Waals surface area contributed by atoms with Gasteiger partial charge in [0, 0.05) is 19.1 Å². The molecule has 1 unspecified atom stereocenters. The van der Waals surface area contributed by atoms with Gasteiger partial charge in [-0.25, -0.2) is 0 Å². The summed E-state index contributed by atoms with van der Waals surface area (Å²) >= 11 is 0. The molecule has 0 spiro atoms. The lowest BCUT2D eigenvalue weighted by atomic mass is 10.0. The van der Waals surface area contributed by atoms with Crippen molar-refractivity contribution in [3.8, 4) is 0 Å². The van der Waals surface area contributed by atoms with Crippen LogP contribution in [0.3, 0.4) is 0 Å². The molecule has 1 rings (SSSR count). The minimum atomic E-state index is 0.624. The first-order valence-corrected chi connectivity index (χ1v) is 4.33. The second-order valence-electron chi connectivity index (χ2n) is 3.40. The zero-order valence-electron chi connectivity index (χ0n) is 7.76.